The van der Waals surface area contributed by atoms with Crippen LogP contribution in [0.15, 0.2) is 35.5 Å². The number of hydrogen-bond donors (Lipinski definition) is 0. The predicted molar refractivity (Wildman–Crippen MR) is 95.8 cm³/mol. The lowest BCUT2D eigenvalue weighted by molar-refractivity contribution is -0.154. The molecule has 3 atom stereocenters. The Balaban J connectivity index is 2.03. The van der Waals surface area contributed by atoms with Gasteiger partial charge in [0.25, 0.3) is 0 Å². The van der Waals surface area contributed by atoms with Crippen LogP contribution in [0, 0.1) is 17.8 Å². The normalized spacial score (nSPS) is 24.7. The summed E-state index contributed by atoms with van der Waals surface area (Å²) in [5.41, 5.74) is 1.49. The van der Waals surface area contributed by atoms with Crippen molar-refractivity contribution >= 4 is 11.7 Å². The zero-order valence-corrected chi connectivity index (χ0v) is 15.2. The molecule has 0 bridgehead atoms. The number of ether oxygens (including phenoxy) is 1. The molecule has 1 aromatic rings. The third kappa shape index (κ3) is 5.08. The van der Waals surface area contributed by atoms with E-state index in [1.165, 1.54) is 13.5 Å². The van der Waals surface area contributed by atoms with E-state index >= 15 is 0 Å². The first-order chi connectivity index (χ1) is 11.5. The van der Waals surface area contributed by atoms with E-state index in [9.17, 15) is 4.79 Å². The van der Waals surface area contributed by atoms with Crippen molar-refractivity contribution in [2.75, 3.05) is 7.11 Å². The minimum absolute atomic E-state index is 0.0146. The van der Waals surface area contributed by atoms with Gasteiger partial charge in [0.1, 0.15) is 13.2 Å². The van der Waals surface area contributed by atoms with Gasteiger partial charge in [-0.1, -0.05) is 62.7 Å². The molecule has 24 heavy (non-hydrogen) atoms. The van der Waals surface area contributed by atoms with Gasteiger partial charge in [0.15, 0.2) is 0 Å². The summed E-state index contributed by atoms with van der Waals surface area (Å²) in [6, 6.07) is 9.62. The molecule has 0 radical (unpaired) electrons. The second-order valence-corrected chi connectivity index (χ2v) is 7.12. The third-order valence-electron chi connectivity index (χ3n) is 4.86. The highest BCUT2D eigenvalue weighted by Gasteiger charge is 2.33. The maximum Gasteiger partial charge on any atom is 0.312 e. The summed E-state index contributed by atoms with van der Waals surface area (Å²) in [7, 11) is 1.49. The molecule has 0 N–H and O–H groups in total. The van der Waals surface area contributed by atoms with Gasteiger partial charge >= 0.3 is 5.97 Å². The first-order valence-corrected chi connectivity index (χ1v) is 8.86. The first-order valence-electron chi connectivity index (χ1n) is 8.86. The van der Waals surface area contributed by atoms with Crippen LogP contribution in [0.1, 0.15) is 52.0 Å². The molecule has 4 heteroatoms. The maximum atomic E-state index is 12.5. The Kier molecular flexibility index (Phi) is 6.83. The standard InChI is InChI=1S/C20H29NO3/c1-14(2)17-11-10-15(3)12-19(17)24-20(22)13-18(21-23-4)16-8-6-5-7-9-16/h5-9,14-15,17,19H,10-13H2,1-4H3/b21-18-/t15-,17+,19-/m1/s1. The predicted octanol–water partition coefficient (Wildman–Crippen LogP) is 4.43. The molecule has 1 fully saturated rings. The lowest BCUT2D eigenvalue weighted by Gasteiger charge is -2.36. The van der Waals surface area contributed by atoms with E-state index in [0.717, 1.165) is 18.4 Å². The molecule has 0 aliphatic heterocycles. The van der Waals surface area contributed by atoms with Gasteiger partial charge in [-0.05, 0) is 36.2 Å². The summed E-state index contributed by atoms with van der Waals surface area (Å²) in [5.74, 6) is 1.36. The van der Waals surface area contributed by atoms with Crippen molar-refractivity contribution in [2.45, 2.75) is 52.6 Å². The molecule has 0 unspecified atom stereocenters. The highest BCUT2D eigenvalue weighted by atomic mass is 16.6. The Labute approximate surface area is 145 Å². The topological polar surface area (TPSA) is 47.9 Å². The monoisotopic (exact) mass is 331 g/mol. The van der Waals surface area contributed by atoms with Crippen molar-refractivity contribution in [1.82, 2.24) is 0 Å². The molecule has 0 amide bonds. The number of carbonyl (C=O) groups is 1. The van der Waals surface area contributed by atoms with Gasteiger partial charge in [-0.25, -0.2) is 0 Å². The van der Waals surface area contributed by atoms with Crippen LogP contribution in [-0.2, 0) is 14.4 Å². The number of esters is 1. The van der Waals surface area contributed by atoms with Crippen molar-refractivity contribution < 1.29 is 14.4 Å². The van der Waals surface area contributed by atoms with Gasteiger partial charge in [-0.3, -0.25) is 4.79 Å². The molecule has 0 heterocycles. The fourth-order valence-electron chi connectivity index (χ4n) is 3.53. The van der Waals surface area contributed by atoms with E-state index in [1.54, 1.807) is 0 Å². The lowest BCUT2D eigenvalue weighted by Crippen LogP contribution is -2.36. The van der Waals surface area contributed by atoms with Crippen LogP contribution >= 0.6 is 0 Å². The van der Waals surface area contributed by atoms with E-state index in [0.29, 0.717) is 23.5 Å². The van der Waals surface area contributed by atoms with Crippen molar-refractivity contribution in [1.29, 1.82) is 0 Å². The van der Waals surface area contributed by atoms with E-state index in [2.05, 4.69) is 25.9 Å². The Morgan fingerprint density at radius 1 is 1.25 bits per heavy atom. The molecule has 2 rings (SSSR count). The number of nitrogens with zero attached hydrogens (tertiary/aromatic N) is 1. The van der Waals surface area contributed by atoms with Crippen molar-refractivity contribution in [3.05, 3.63) is 35.9 Å². The molecule has 1 aliphatic carbocycles. The molecule has 4 nitrogen and oxygen atoms in total. The number of rotatable bonds is 6. The van der Waals surface area contributed by atoms with Gasteiger partial charge in [0.2, 0.25) is 0 Å². The summed E-state index contributed by atoms with van der Waals surface area (Å²) in [5, 5.41) is 4.01. The molecule has 0 aromatic heterocycles. The summed E-state index contributed by atoms with van der Waals surface area (Å²) >= 11 is 0. The Morgan fingerprint density at radius 3 is 2.58 bits per heavy atom. The van der Waals surface area contributed by atoms with Crippen LogP contribution in [0.4, 0.5) is 0 Å². The van der Waals surface area contributed by atoms with Gasteiger partial charge in [-0.2, -0.15) is 0 Å². The average molecular weight is 331 g/mol. The van der Waals surface area contributed by atoms with Gasteiger partial charge < -0.3 is 9.57 Å². The SMILES string of the molecule is CO/N=C(/CC(=O)O[C@@H]1C[C@H](C)CC[C@H]1C(C)C)c1ccccc1. The van der Waals surface area contributed by atoms with Crippen LogP contribution in [0.3, 0.4) is 0 Å². The summed E-state index contributed by atoms with van der Waals surface area (Å²) in [6.45, 7) is 6.66. The molecule has 0 spiro atoms. The Bertz CT molecular complexity index is 553. The highest BCUT2D eigenvalue weighted by Crippen LogP contribution is 2.35. The minimum atomic E-state index is -0.223. The minimum Gasteiger partial charge on any atom is -0.462 e. The van der Waals surface area contributed by atoms with Crippen LogP contribution < -0.4 is 0 Å². The van der Waals surface area contributed by atoms with E-state index < -0.39 is 0 Å². The Hall–Kier alpha value is -1.84. The smallest absolute Gasteiger partial charge is 0.312 e. The average Bonchev–Trinajstić information content (AvgIpc) is 2.55. The number of carbonyl (C=O) groups excluding carboxylic acids is 1. The molecule has 132 valence electrons. The maximum absolute atomic E-state index is 12.5. The molecule has 1 aliphatic rings. The zero-order chi connectivity index (χ0) is 17.5. The second-order valence-electron chi connectivity index (χ2n) is 7.12. The van der Waals surface area contributed by atoms with E-state index in [1.807, 2.05) is 30.3 Å². The fraction of sp³-hybridized carbons (Fsp3) is 0.600. The zero-order valence-electron chi connectivity index (χ0n) is 15.2. The Morgan fingerprint density at radius 2 is 1.96 bits per heavy atom. The van der Waals surface area contributed by atoms with Crippen molar-refractivity contribution in [3.8, 4) is 0 Å². The first kappa shape index (κ1) is 18.5. The lowest BCUT2D eigenvalue weighted by atomic mass is 9.75. The van der Waals surface area contributed by atoms with Crippen LogP contribution in [0.5, 0.6) is 0 Å². The van der Waals surface area contributed by atoms with E-state index in [-0.39, 0.29) is 18.5 Å². The second kappa shape index (κ2) is 8.86. The molecular weight excluding hydrogens is 302 g/mol. The van der Waals surface area contributed by atoms with Crippen LogP contribution in [0.25, 0.3) is 0 Å². The third-order valence-corrected chi connectivity index (χ3v) is 4.86. The highest BCUT2D eigenvalue weighted by molar-refractivity contribution is 6.09. The fourth-order valence-corrected chi connectivity index (χ4v) is 3.53. The summed E-state index contributed by atoms with van der Waals surface area (Å²) in [6.07, 6.45) is 3.46. The molecular formula is C20H29NO3. The van der Waals surface area contributed by atoms with Gasteiger partial charge in [0.05, 0.1) is 12.1 Å². The number of benzene rings is 1. The molecule has 0 saturated heterocycles. The quantitative estimate of drug-likeness (QED) is 0.440. The number of hydrogen-bond acceptors (Lipinski definition) is 4. The summed E-state index contributed by atoms with van der Waals surface area (Å²) in [4.78, 5) is 17.4. The van der Waals surface area contributed by atoms with Crippen molar-refractivity contribution in [3.63, 3.8) is 0 Å². The summed E-state index contributed by atoms with van der Waals surface area (Å²) < 4.78 is 5.86. The van der Waals surface area contributed by atoms with Crippen molar-refractivity contribution in [2.24, 2.45) is 22.9 Å². The molecule has 1 aromatic carbocycles. The van der Waals surface area contributed by atoms with Crippen LogP contribution in [-0.4, -0.2) is 24.9 Å². The number of oxime groups is 1. The largest absolute Gasteiger partial charge is 0.462 e. The van der Waals surface area contributed by atoms with Gasteiger partial charge in [0, 0.05) is 0 Å². The van der Waals surface area contributed by atoms with Crippen LogP contribution in [0.2, 0.25) is 0 Å². The van der Waals surface area contributed by atoms with E-state index in [4.69, 9.17) is 9.57 Å². The molecule has 1 saturated carbocycles. The van der Waals surface area contributed by atoms with Gasteiger partial charge in [-0.15, -0.1) is 0 Å².